The van der Waals surface area contributed by atoms with Gasteiger partial charge >= 0.3 is 0 Å². The van der Waals surface area contributed by atoms with E-state index in [0.717, 1.165) is 71.3 Å². The lowest BCUT2D eigenvalue weighted by Gasteiger charge is -2.37. The number of rotatable bonds is 13. The minimum absolute atomic E-state index is 0. The number of nitrogens with zero attached hydrogens (tertiary/aromatic N) is 2. The fourth-order valence-electron chi connectivity index (χ4n) is 6.52. The Morgan fingerprint density at radius 2 is 1.49 bits per heavy atom. The number of carbonyl (C=O) groups is 1. The highest BCUT2D eigenvalue weighted by atomic mass is 79.9. The van der Waals surface area contributed by atoms with Crippen LogP contribution in [0.5, 0.6) is 17.2 Å². The number of aryl methyl sites for hydroxylation is 2. The fourth-order valence-corrected chi connectivity index (χ4v) is 6.52. The molecule has 0 saturated heterocycles. The zero-order valence-electron chi connectivity index (χ0n) is 27.4. The molecule has 0 N–H and O–H groups in total. The molecule has 0 fully saturated rings. The number of fused-ring (bicyclic) bond motifs is 2. The highest BCUT2D eigenvalue weighted by Crippen LogP contribution is 2.32. The molecule has 1 amide bonds. The van der Waals surface area contributed by atoms with Crippen molar-refractivity contribution < 1.29 is 40.5 Å². The third-order valence-corrected chi connectivity index (χ3v) is 9.02. The number of unbranched alkanes of at least 4 members (excludes halogenated alkanes) is 1. The van der Waals surface area contributed by atoms with Crippen LogP contribution in [0.25, 0.3) is 10.8 Å². The van der Waals surface area contributed by atoms with Gasteiger partial charge in [-0.3, -0.25) is 4.79 Å². The molecular weight excluding hydrogens is 628 g/mol. The average Bonchev–Trinajstić information content (AvgIpc) is 3.04. The maximum atomic E-state index is 14.3. The molecule has 0 bridgehead atoms. The topological polar surface area (TPSA) is 48.0 Å². The van der Waals surface area contributed by atoms with Gasteiger partial charge in [-0.05, 0) is 81.1 Å². The van der Waals surface area contributed by atoms with Gasteiger partial charge in [0.1, 0.15) is 25.5 Å². The fraction of sp³-hybridized carbons (Fsp3) is 0.395. The second kappa shape index (κ2) is 15.6. The first-order valence-corrected chi connectivity index (χ1v) is 16.0. The number of carbonyl (C=O) groups excluding carboxylic acids is 1. The summed E-state index contributed by atoms with van der Waals surface area (Å²) >= 11 is 0. The van der Waals surface area contributed by atoms with E-state index in [-0.39, 0.29) is 22.9 Å². The summed E-state index contributed by atoms with van der Waals surface area (Å²) < 4.78 is 18.4. The molecule has 0 radical (unpaired) electrons. The van der Waals surface area contributed by atoms with Crippen molar-refractivity contribution in [3.05, 3.63) is 101 Å². The molecule has 5 rings (SSSR count). The number of hydrogen-bond donors (Lipinski definition) is 0. The summed E-state index contributed by atoms with van der Waals surface area (Å²) in [4.78, 5) is 16.2. The van der Waals surface area contributed by atoms with Gasteiger partial charge in [-0.1, -0.05) is 59.7 Å². The van der Waals surface area contributed by atoms with Crippen LogP contribution in [0.1, 0.15) is 59.3 Å². The third-order valence-electron chi connectivity index (χ3n) is 9.02. The Labute approximate surface area is 279 Å². The van der Waals surface area contributed by atoms with Crippen LogP contribution in [0.15, 0.2) is 72.8 Å². The van der Waals surface area contributed by atoms with Crippen molar-refractivity contribution in [2.75, 3.05) is 46.5 Å². The number of ether oxygens (including phenoxy) is 3. The number of benzene rings is 4. The van der Waals surface area contributed by atoms with Crippen LogP contribution < -0.4 is 31.2 Å². The first-order chi connectivity index (χ1) is 21.3. The average molecular weight is 676 g/mol. The van der Waals surface area contributed by atoms with Crippen LogP contribution >= 0.6 is 0 Å². The molecule has 1 aliphatic rings. The first kappa shape index (κ1) is 34.3. The van der Waals surface area contributed by atoms with Gasteiger partial charge in [0, 0.05) is 18.7 Å². The monoisotopic (exact) mass is 674 g/mol. The largest absolute Gasteiger partial charge is 1.00 e. The zero-order chi connectivity index (χ0) is 31.1. The molecule has 1 aliphatic heterocycles. The van der Waals surface area contributed by atoms with Crippen molar-refractivity contribution in [2.24, 2.45) is 0 Å². The van der Waals surface area contributed by atoms with E-state index in [1.54, 1.807) is 7.11 Å². The summed E-state index contributed by atoms with van der Waals surface area (Å²) in [5.41, 5.74) is 5.66. The molecule has 4 aromatic rings. The molecule has 0 spiro atoms. The van der Waals surface area contributed by atoms with Gasteiger partial charge in [-0.25, -0.2) is 0 Å². The van der Waals surface area contributed by atoms with E-state index >= 15 is 0 Å². The Hall–Kier alpha value is -3.55. The molecule has 45 heavy (non-hydrogen) atoms. The summed E-state index contributed by atoms with van der Waals surface area (Å²) in [6, 6.07) is 24.9. The van der Waals surface area contributed by atoms with Crippen LogP contribution in [0.3, 0.4) is 0 Å². The predicted octanol–water partition coefficient (Wildman–Crippen LogP) is 4.72. The van der Waals surface area contributed by atoms with E-state index in [1.807, 2.05) is 59.5 Å². The van der Waals surface area contributed by atoms with E-state index < -0.39 is 0 Å². The second-order valence-corrected chi connectivity index (χ2v) is 12.2. The normalized spacial score (nSPS) is 12.5. The van der Waals surface area contributed by atoms with Gasteiger partial charge in [0.05, 0.1) is 32.3 Å². The van der Waals surface area contributed by atoms with E-state index in [0.29, 0.717) is 37.6 Å². The molecule has 7 heteroatoms. The minimum atomic E-state index is -0.0236. The molecule has 0 atom stereocenters. The van der Waals surface area contributed by atoms with Gasteiger partial charge in [0.25, 0.3) is 5.91 Å². The summed E-state index contributed by atoms with van der Waals surface area (Å²) in [5.74, 6) is 2.07. The van der Waals surface area contributed by atoms with Gasteiger partial charge in [-0.15, -0.1) is 0 Å². The Balaban J connectivity index is 0.00000461. The number of halogens is 1. The standard InChI is InChI=1S/C38H47N2O4.BrH/c1-6-40(7-2,27-31-21-28(3)20-29(4)22-31)17-11-10-16-39(26-30-14-15-35-37(23-30)44-19-18-43-35)38(41)34-24-32-12-8-9-13-33(32)25-36(34)42-5;/h8-9,12-15,20-25H,6-7,10-11,16-19,26-27H2,1-5H3;1H/q+1;/p-1. The molecule has 1 heterocycles. The summed E-state index contributed by atoms with van der Waals surface area (Å²) in [6.45, 7) is 15.5. The molecule has 0 aliphatic carbocycles. The zero-order valence-corrected chi connectivity index (χ0v) is 29.0. The lowest BCUT2D eigenvalue weighted by molar-refractivity contribution is -0.938. The second-order valence-electron chi connectivity index (χ2n) is 12.2. The number of quaternary nitrogens is 1. The summed E-state index contributed by atoms with van der Waals surface area (Å²) in [5, 5.41) is 2.08. The maximum absolute atomic E-state index is 14.3. The van der Waals surface area contributed by atoms with Crippen molar-refractivity contribution in [3.63, 3.8) is 0 Å². The highest BCUT2D eigenvalue weighted by Gasteiger charge is 2.25. The van der Waals surface area contributed by atoms with Crippen molar-refractivity contribution in [2.45, 2.75) is 53.6 Å². The van der Waals surface area contributed by atoms with Gasteiger partial charge < -0.3 is 40.6 Å². The molecule has 0 unspecified atom stereocenters. The Bertz CT molecular complexity index is 1580. The summed E-state index contributed by atoms with van der Waals surface area (Å²) in [7, 11) is 1.63. The van der Waals surface area contributed by atoms with E-state index in [1.165, 1.54) is 16.7 Å². The number of methoxy groups -OCH3 is 1. The van der Waals surface area contributed by atoms with E-state index in [4.69, 9.17) is 14.2 Å². The Kier molecular flexibility index (Phi) is 11.9. The van der Waals surface area contributed by atoms with Crippen LogP contribution in [0.4, 0.5) is 0 Å². The smallest absolute Gasteiger partial charge is 0.257 e. The van der Waals surface area contributed by atoms with E-state index in [2.05, 4.69) is 45.9 Å². The molecule has 0 saturated carbocycles. The molecule has 4 aromatic carbocycles. The van der Waals surface area contributed by atoms with Gasteiger partial charge in [0.15, 0.2) is 11.5 Å². The lowest BCUT2D eigenvalue weighted by atomic mass is 10.0. The predicted molar refractivity (Wildman–Crippen MR) is 178 cm³/mol. The molecule has 0 aromatic heterocycles. The van der Waals surface area contributed by atoms with Gasteiger partial charge in [-0.2, -0.15) is 0 Å². The quantitative estimate of drug-likeness (QED) is 0.152. The van der Waals surface area contributed by atoms with Crippen LogP contribution in [-0.4, -0.2) is 61.8 Å². The van der Waals surface area contributed by atoms with Crippen molar-refractivity contribution in [1.29, 1.82) is 0 Å². The maximum Gasteiger partial charge on any atom is 0.257 e. The molecular formula is C38H47BrN2O4. The Morgan fingerprint density at radius 1 is 0.822 bits per heavy atom. The van der Waals surface area contributed by atoms with Gasteiger partial charge in [0.2, 0.25) is 0 Å². The SMILES string of the molecule is CC[N+](CC)(CCCCN(Cc1ccc2c(c1)OCCO2)C(=O)c1cc2ccccc2cc1OC)Cc1cc(C)cc(C)c1.[Br-]. The minimum Gasteiger partial charge on any atom is -1.00 e. The van der Waals surface area contributed by atoms with Crippen molar-refractivity contribution in [1.82, 2.24) is 4.90 Å². The highest BCUT2D eigenvalue weighted by molar-refractivity contribution is 6.01. The third kappa shape index (κ3) is 8.39. The van der Waals surface area contributed by atoms with Crippen LogP contribution in [0.2, 0.25) is 0 Å². The van der Waals surface area contributed by atoms with Crippen LogP contribution in [0, 0.1) is 13.8 Å². The van der Waals surface area contributed by atoms with Crippen LogP contribution in [-0.2, 0) is 13.1 Å². The Morgan fingerprint density at radius 3 is 2.16 bits per heavy atom. The number of amides is 1. The molecule has 6 nitrogen and oxygen atoms in total. The summed E-state index contributed by atoms with van der Waals surface area (Å²) in [6.07, 6.45) is 1.95. The first-order valence-electron chi connectivity index (χ1n) is 16.0. The lowest BCUT2D eigenvalue weighted by Crippen LogP contribution is -3.00. The van der Waals surface area contributed by atoms with Crippen molar-refractivity contribution in [3.8, 4) is 17.2 Å². The van der Waals surface area contributed by atoms with Crippen molar-refractivity contribution >= 4 is 16.7 Å². The van der Waals surface area contributed by atoms with E-state index in [9.17, 15) is 4.79 Å². The molecule has 240 valence electrons. The number of hydrogen-bond acceptors (Lipinski definition) is 4.